The molecule has 0 bridgehead atoms. The number of hydrogen-bond donors (Lipinski definition) is 1. The van der Waals surface area contributed by atoms with E-state index in [4.69, 9.17) is 9.47 Å². The first-order chi connectivity index (χ1) is 14.2. The van der Waals surface area contributed by atoms with E-state index in [1.165, 1.54) is 19.1 Å². The first-order valence-electron chi connectivity index (χ1n) is 9.58. The maximum atomic E-state index is 13.2. The average molecular weight is 439 g/mol. The minimum Gasteiger partial charge on any atom is -0.490 e. The molecule has 0 saturated carbocycles. The average Bonchev–Trinajstić information content (AvgIpc) is 2.68. The van der Waals surface area contributed by atoms with Crippen molar-refractivity contribution in [2.75, 3.05) is 23.8 Å². The summed E-state index contributed by atoms with van der Waals surface area (Å²) in [5.41, 5.74) is 0.983. The SMILES string of the molecule is CCOc1ccc(CNC(=O)[C@@H](C)N(c2ccc(F)cc2)S(C)(=O)=O)cc1OCC. The molecule has 0 heterocycles. The number of anilines is 1. The summed E-state index contributed by atoms with van der Waals surface area (Å²) in [7, 11) is -3.77. The van der Waals surface area contributed by atoms with Gasteiger partial charge in [-0.2, -0.15) is 0 Å². The number of carbonyl (C=O) groups excluding carboxylic acids is 1. The smallest absolute Gasteiger partial charge is 0.243 e. The second-order valence-electron chi connectivity index (χ2n) is 6.58. The molecule has 0 unspecified atom stereocenters. The molecule has 30 heavy (non-hydrogen) atoms. The highest BCUT2D eigenvalue weighted by Gasteiger charge is 2.29. The second kappa shape index (κ2) is 10.3. The van der Waals surface area contributed by atoms with Crippen LogP contribution >= 0.6 is 0 Å². The zero-order valence-corrected chi connectivity index (χ0v) is 18.3. The number of nitrogens with one attached hydrogen (secondary N) is 1. The number of rotatable bonds is 10. The van der Waals surface area contributed by atoms with E-state index < -0.39 is 27.8 Å². The molecule has 0 aliphatic rings. The molecule has 1 atom stereocenters. The fraction of sp³-hybridized carbons (Fsp3) is 0.381. The Morgan fingerprint density at radius 2 is 1.67 bits per heavy atom. The van der Waals surface area contributed by atoms with Crippen LogP contribution in [-0.4, -0.2) is 39.8 Å². The predicted molar refractivity (Wildman–Crippen MR) is 114 cm³/mol. The number of halogens is 1. The topological polar surface area (TPSA) is 84.9 Å². The molecule has 2 rings (SSSR count). The van der Waals surface area contributed by atoms with Gasteiger partial charge in [-0.15, -0.1) is 0 Å². The van der Waals surface area contributed by atoms with Gasteiger partial charge < -0.3 is 14.8 Å². The van der Waals surface area contributed by atoms with Crippen LogP contribution in [0.5, 0.6) is 11.5 Å². The fourth-order valence-corrected chi connectivity index (χ4v) is 4.11. The minimum absolute atomic E-state index is 0.177. The van der Waals surface area contributed by atoms with Gasteiger partial charge in [0.05, 0.1) is 25.2 Å². The van der Waals surface area contributed by atoms with Gasteiger partial charge in [-0.25, -0.2) is 12.8 Å². The highest BCUT2D eigenvalue weighted by Crippen LogP contribution is 2.28. The Hall–Kier alpha value is -2.81. The van der Waals surface area contributed by atoms with Gasteiger partial charge in [0.25, 0.3) is 0 Å². The first-order valence-corrected chi connectivity index (χ1v) is 11.4. The molecule has 1 N–H and O–H groups in total. The molecule has 0 radical (unpaired) electrons. The molecule has 0 aromatic heterocycles. The Balaban J connectivity index is 2.15. The van der Waals surface area contributed by atoms with Crippen LogP contribution in [0.4, 0.5) is 10.1 Å². The number of ether oxygens (including phenoxy) is 2. The van der Waals surface area contributed by atoms with Crippen molar-refractivity contribution in [2.45, 2.75) is 33.4 Å². The number of carbonyl (C=O) groups is 1. The van der Waals surface area contributed by atoms with Gasteiger partial charge in [0.2, 0.25) is 15.9 Å². The number of nitrogens with zero attached hydrogens (tertiary/aromatic N) is 1. The number of sulfonamides is 1. The second-order valence-corrected chi connectivity index (χ2v) is 8.44. The van der Waals surface area contributed by atoms with Gasteiger partial charge in [-0.05, 0) is 62.7 Å². The van der Waals surface area contributed by atoms with E-state index in [2.05, 4.69) is 5.32 Å². The predicted octanol–water partition coefficient (Wildman–Crippen LogP) is 3.09. The zero-order valence-electron chi connectivity index (χ0n) is 17.5. The van der Waals surface area contributed by atoms with Crippen LogP contribution in [0.3, 0.4) is 0 Å². The first kappa shape index (κ1) is 23.5. The number of benzene rings is 2. The van der Waals surface area contributed by atoms with Crippen LogP contribution in [0.25, 0.3) is 0 Å². The molecule has 1 amide bonds. The van der Waals surface area contributed by atoms with Gasteiger partial charge in [-0.1, -0.05) is 6.07 Å². The normalized spacial score (nSPS) is 12.2. The van der Waals surface area contributed by atoms with Crippen LogP contribution < -0.4 is 19.1 Å². The van der Waals surface area contributed by atoms with Crippen molar-refractivity contribution in [3.05, 3.63) is 53.8 Å². The summed E-state index contributed by atoms with van der Waals surface area (Å²) in [6.45, 7) is 6.35. The Kier molecular flexibility index (Phi) is 8.05. The lowest BCUT2D eigenvalue weighted by molar-refractivity contribution is -0.122. The Morgan fingerprint density at radius 3 is 2.23 bits per heavy atom. The van der Waals surface area contributed by atoms with Crippen molar-refractivity contribution in [3.8, 4) is 11.5 Å². The van der Waals surface area contributed by atoms with Gasteiger partial charge in [-0.3, -0.25) is 9.10 Å². The van der Waals surface area contributed by atoms with E-state index in [0.29, 0.717) is 24.7 Å². The molecular weight excluding hydrogens is 411 g/mol. The summed E-state index contributed by atoms with van der Waals surface area (Å²) >= 11 is 0. The summed E-state index contributed by atoms with van der Waals surface area (Å²) in [6, 6.07) is 9.24. The van der Waals surface area contributed by atoms with Crippen molar-refractivity contribution in [1.82, 2.24) is 5.32 Å². The lowest BCUT2D eigenvalue weighted by Gasteiger charge is -2.28. The highest BCUT2D eigenvalue weighted by atomic mass is 32.2. The van der Waals surface area contributed by atoms with Crippen molar-refractivity contribution in [3.63, 3.8) is 0 Å². The molecule has 0 fully saturated rings. The molecule has 9 heteroatoms. The van der Waals surface area contributed by atoms with E-state index in [1.807, 2.05) is 13.8 Å². The van der Waals surface area contributed by atoms with E-state index in [9.17, 15) is 17.6 Å². The number of amides is 1. The molecule has 2 aromatic rings. The van der Waals surface area contributed by atoms with Crippen LogP contribution in [0.2, 0.25) is 0 Å². The largest absolute Gasteiger partial charge is 0.490 e. The monoisotopic (exact) mass is 438 g/mol. The third-order valence-electron chi connectivity index (χ3n) is 4.24. The molecule has 2 aromatic carbocycles. The Morgan fingerprint density at radius 1 is 1.07 bits per heavy atom. The molecular formula is C21H27FN2O5S. The van der Waals surface area contributed by atoms with Crippen molar-refractivity contribution < 1.29 is 27.1 Å². The van der Waals surface area contributed by atoms with Crippen LogP contribution in [-0.2, 0) is 21.4 Å². The van der Waals surface area contributed by atoms with Crippen LogP contribution in [0, 0.1) is 5.82 Å². The molecule has 0 aliphatic carbocycles. The third-order valence-corrected chi connectivity index (χ3v) is 5.49. The quantitative estimate of drug-likeness (QED) is 0.616. The molecule has 0 spiro atoms. The summed E-state index contributed by atoms with van der Waals surface area (Å²) in [4.78, 5) is 12.7. The summed E-state index contributed by atoms with van der Waals surface area (Å²) < 4.78 is 49.8. The van der Waals surface area contributed by atoms with Crippen molar-refractivity contribution >= 4 is 21.6 Å². The lowest BCUT2D eigenvalue weighted by atomic mass is 10.2. The van der Waals surface area contributed by atoms with Gasteiger partial charge in [0.1, 0.15) is 11.9 Å². The fourth-order valence-electron chi connectivity index (χ4n) is 2.94. The molecule has 0 aliphatic heterocycles. The van der Waals surface area contributed by atoms with E-state index in [1.54, 1.807) is 18.2 Å². The number of hydrogen-bond acceptors (Lipinski definition) is 5. The standard InChI is InChI=1S/C21H27FN2O5S/c1-5-28-19-12-7-16(13-20(19)29-6-2)14-23-21(25)15(3)24(30(4,26)27)18-10-8-17(22)9-11-18/h7-13,15H,5-6,14H2,1-4H3,(H,23,25)/t15-/m1/s1. The van der Waals surface area contributed by atoms with Crippen molar-refractivity contribution in [2.24, 2.45) is 0 Å². The summed E-state index contributed by atoms with van der Waals surface area (Å²) in [5, 5.41) is 2.74. The summed E-state index contributed by atoms with van der Waals surface area (Å²) in [6.07, 6.45) is 1.00. The third kappa shape index (κ3) is 6.09. The van der Waals surface area contributed by atoms with Crippen LogP contribution in [0.1, 0.15) is 26.3 Å². The van der Waals surface area contributed by atoms with Crippen LogP contribution in [0.15, 0.2) is 42.5 Å². The maximum absolute atomic E-state index is 13.2. The lowest BCUT2D eigenvalue weighted by Crippen LogP contribution is -2.47. The highest BCUT2D eigenvalue weighted by molar-refractivity contribution is 7.92. The Labute approximate surface area is 176 Å². The van der Waals surface area contributed by atoms with E-state index in [-0.39, 0.29) is 12.2 Å². The molecule has 7 nitrogen and oxygen atoms in total. The zero-order chi connectivity index (χ0) is 22.3. The summed E-state index contributed by atoms with van der Waals surface area (Å²) in [5.74, 6) is 0.201. The van der Waals surface area contributed by atoms with Gasteiger partial charge >= 0.3 is 0 Å². The van der Waals surface area contributed by atoms with Gasteiger partial charge in [0, 0.05) is 6.54 Å². The van der Waals surface area contributed by atoms with E-state index in [0.717, 1.165) is 28.3 Å². The molecule has 164 valence electrons. The molecule has 0 saturated heterocycles. The van der Waals surface area contributed by atoms with Crippen molar-refractivity contribution in [1.29, 1.82) is 0 Å². The van der Waals surface area contributed by atoms with E-state index >= 15 is 0 Å². The maximum Gasteiger partial charge on any atom is 0.243 e. The van der Waals surface area contributed by atoms with Gasteiger partial charge in [0.15, 0.2) is 11.5 Å². The minimum atomic E-state index is -3.77. The Bertz CT molecular complexity index is 964.